The summed E-state index contributed by atoms with van der Waals surface area (Å²) in [5.74, 6) is -0.986. The van der Waals surface area contributed by atoms with Gasteiger partial charge >= 0.3 is 0 Å². The van der Waals surface area contributed by atoms with Crippen LogP contribution < -0.4 is 5.73 Å². The summed E-state index contributed by atoms with van der Waals surface area (Å²) in [6, 6.07) is 2.22. The average molecular weight is 311 g/mol. The molecule has 19 heavy (non-hydrogen) atoms. The summed E-state index contributed by atoms with van der Waals surface area (Å²) in [5.41, 5.74) is 5.10. The number of rotatable bonds is 6. The van der Waals surface area contributed by atoms with Gasteiger partial charge in [-0.2, -0.15) is 4.31 Å². The molecule has 5 nitrogen and oxygen atoms in total. The number of anilines is 1. The van der Waals surface area contributed by atoms with E-state index in [2.05, 4.69) is 0 Å². The van der Waals surface area contributed by atoms with Crippen LogP contribution in [0.15, 0.2) is 17.0 Å². The van der Waals surface area contributed by atoms with Gasteiger partial charge in [0.25, 0.3) is 0 Å². The van der Waals surface area contributed by atoms with Gasteiger partial charge in [-0.3, -0.25) is 0 Å². The maximum Gasteiger partial charge on any atom is 0.246 e. The van der Waals surface area contributed by atoms with Crippen molar-refractivity contribution < 1.29 is 17.5 Å². The van der Waals surface area contributed by atoms with Crippen molar-refractivity contribution in [1.82, 2.24) is 4.31 Å². The van der Waals surface area contributed by atoms with Crippen molar-refractivity contribution in [3.05, 3.63) is 23.0 Å². The van der Waals surface area contributed by atoms with Crippen molar-refractivity contribution in [2.24, 2.45) is 0 Å². The van der Waals surface area contributed by atoms with E-state index >= 15 is 0 Å². The Hall–Kier alpha value is -0.890. The second-order valence-corrected chi connectivity index (χ2v) is 6.14. The Morgan fingerprint density at radius 2 is 2.11 bits per heavy atom. The highest BCUT2D eigenvalue weighted by Gasteiger charge is 2.27. The third kappa shape index (κ3) is 3.56. The predicted molar refractivity (Wildman–Crippen MR) is 72.1 cm³/mol. The second-order valence-electron chi connectivity index (χ2n) is 3.80. The molecule has 0 spiro atoms. The normalized spacial score (nSPS) is 12.1. The number of sulfonamides is 1. The summed E-state index contributed by atoms with van der Waals surface area (Å²) in [5, 5.41) is 0.0697. The molecular formula is C11H16ClFN2O3S. The molecule has 0 heterocycles. The number of methoxy groups -OCH3 is 1. The minimum atomic E-state index is -3.99. The highest BCUT2D eigenvalue weighted by molar-refractivity contribution is 7.89. The lowest BCUT2D eigenvalue weighted by Crippen LogP contribution is -2.34. The van der Waals surface area contributed by atoms with Gasteiger partial charge in [0.15, 0.2) is 5.82 Å². The number of hydrogen-bond donors (Lipinski definition) is 1. The van der Waals surface area contributed by atoms with Gasteiger partial charge in [-0.1, -0.05) is 18.5 Å². The fourth-order valence-electron chi connectivity index (χ4n) is 1.55. The van der Waals surface area contributed by atoms with E-state index in [-0.39, 0.29) is 30.4 Å². The lowest BCUT2D eigenvalue weighted by atomic mass is 10.3. The Balaban J connectivity index is 3.25. The smallest absolute Gasteiger partial charge is 0.246 e. The Bertz CT molecular complexity index is 551. The molecule has 0 fully saturated rings. The first kappa shape index (κ1) is 16.2. The highest BCUT2D eigenvalue weighted by atomic mass is 35.5. The molecule has 0 unspecified atom stereocenters. The Morgan fingerprint density at radius 3 is 2.63 bits per heavy atom. The van der Waals surface area contributed by atoms with Gasteiger partial charge < -0.3 is 10.5 Å². The number of nitrogens with two attached hydrogens (primary N) is 1. The van der Waals surface area contributed by atoms with Gasteiger partial charge in [0.2, 0.25) is 10.0 Å². The molecule has 1 aromatic carbocycles. The lowest BCUT2D eigenvalue weighted by Gasteiger charge is -2.20. The molecule has 0 amide bonds. The molecular weight excluding hydrogens is 295 g/mol. The topological polar surface area (TPSA) is 72.6 Å². The zero-order valence-electron chi connectivity index (χ0n) is 10.7. The first-order valence-corrected chi connectivity index (χ1v) is 7.40. The van der Waals surface area contributed by atoms with Crippen LogP contribution in [-0.4, -0.2) is 39.5 Å². The molecule has 0 aliphatic carbocycles. The maximum atomic E-state index is 13.9. The molecule has 0 radical (unpaired) electrons. The van der Waals surface area contributed by atoms with E-state index in [0.29, 0.717) is 0 Å². The zero-order chi connectivity index (χ0) is 14.6. The number of likely N-dealkylation sites (N-methyl/N-ethyl adjacent to an activating group) is 1. The maximum absolute atomic E-state index is 13.9. The van der Waals surface area contributed by atoms with Crippen molar-refractivity contribution in [3.63, 3.8) is 0 Å². The summed E-state index contributed by atoms with van der Waals surface area (Å²) >= 11 is 5.73. The Labute approximate surface area is 117 Å². The standard InChI is InChI=1S/C11H16ClFN2O3S/c1-3-15(4-5-18-2)19(16,17)10-7-8(12)6-9(14)11(10)13/h6-7H,3-5,14H2,1-2H3. The van der Waals surface area contributed by atoms with Crippen molar-refractivity contribution in [1.29, 1.82) is 0 Å². The molecule has 2 N–H and O–H groups in total. The second kappa shape index (κ2) is 6.51. The molecule has 0 aliphatic rings. The molecule has 0 aromatic heterocycles. The summed E-state index contributed by atoms with van der Waals surface area (Å²) in [7, 11) is -2.53. The monoisotopic (exact) mass is 310 g/mol. The van der Waals surface area contributed by atoms with Crippen molar-refractivity contribution >= 4 is 27.3 Å². The largest absolute Gasteiger partial charge is 0.396 e. The fraction of sp³-hybridized carbons (Fsp3) is 0.455. The van der Waals surface area contributed by atoms with Gasteiger partial charge in [-0.05, 0) is 12.1 Å². The number of nitrogen functional groups attached to an aromatic ring is 1. The van der Waals surface area contributed by atoms with Crippen LogP contribution in [0.2, 0.25) is 5.02 Å². The van der Waals surface area contributed by atoms with Gasteiger partial charge in [-0.15, -0.1) is 0 Å². The van der Waals surface area contributed by atoms with E-state index in [0.717, 1.165) is 10.4 Å². The molecule has 0 atom stereocenters. The van der Waals surface area contributed by atoms with Gasteiger partial charge in [0, 0.05) is 25.2 Å². The summed E-state index contributed by atoms with van der Waals surface area (Å²) in [6.07, 6.45) is 0. The van der Waals surface area contributed by atoms with Crippen LogP contribution >= 0.6 is 11.6 Å². The molecule has 0 bridgehead atoms. The van der Waals surface area contributed by atoms with Crippen molar-refractivity contribution in [2.75, 3.05) is 32.5 Å². The summed E-state index contributed by atoms with van der Waals surface area (Å²) in [4.78, 5) is -0.518. The van der Waals surface area contributed by atoms with Crippen LogP contribution in [0.4, 0.5) is 10.1 Å². The number of halogens is 2. The molecule has 1 aromatic rings. The third-order valence-corrected chi connectivity index (χ3v) is 4.74. The molecule has 0 saturated carbocycles. The van der Waals surface area contributed by atoms with Gasteiger partial charge in [0.05, 0.1) is 12.3 Å². The average Bonchev–Trinajstić information content (AvgIpc) is 2.34. The van der Waals surface area contributed by atoms with Crippen LogP contribution in [0.5, 0.6) is 0 Å². The zero-order valence-corrected chi connectivity index (χ0v) is 12.3. The molecule has 0 saturated heterocycles. The van der Waals surface area contributed by atoms with E-state index in [1.807, 2.05) is 0 Å². The molecule has 0 aliphatic heterocycles. The molecule has 8 heteroatoms. The quantitative estimate of drug-likeness (QED) is 0.812. The van der Waals surface area contributed by atoms with Gasteiger partial charge in [0.1, 0.15) is 4.90 Å². The van der Waals surface area contributed by atoms with E-state index < -0.39 is 20.7 Å². The van der Waals surface area contributed by atoms with E-state index in [9.17, 15) is 12.8 Å². The number of nitrogens with zero attached hydrogens (tertiary/aromatic N) is 1. The fourth-order valence-corrected chi connectivity index (χ4v) is 3.40. The number of benzene rings is 1. The SMILES string of the molecule is CCN(CCOC)S(=O)(=O)c1cc(Cl)cc(N)c1F. The third-order valence-electron chi connectivity index (χ3n) is 2.55. The number of ether oxygens (including phenoxy) is 1. The van der Waals surface area contributed by atoms with E-state index in [1.54, 1.807) is 6.92 Å². The first-order valence-electron chi connectivity index (χ1n) is 5.58. The Kier molecular flexibility index (Phi) is 5.54. The molecule has 108 valence electrons. The van der Waals surface area contributed by atoms with E-state index in [4.69, 9.17) is 22.1 Å². The van der Waals surface area contributed by atoms with Crippen LogP contribution in [0.25, 0.3) is 0 Å². The minimum Gasteiger partial charge on any atom is -0.396 e. The Morgan fingerprint density at radius 1 is 1.47 bits per heavy atom. The lowest BCUT2D eigenvalue weighted by molar-refractivity contribution is 0.180. The summed E-state index contributed by atoms with van der Waals surface area (Å²) in [6.45, 7) is 2.18. The number of hydrogen-bond acceptors (Lipinski definition) is 4. The highest BCUT2D eigenvalue weighted by Crippen LogP contribution is 2.27. The first-order chi connectivity index (χ1) is 8.84. The van der Waals surface area contributed by atoms with Crippen LogP contribution in [-0.2, 0) is 14.8 Å². The summed E-state index contributed by atoms with van der Waals surface area (Å²) < 4.78 is 44.4. The predicted octanol–water partition coefficient (Wildman–Crippen LogP) is 1.72. The van der Waals surface area contributed by atoms with Crippen LogP contribution in [0.3, 0.4) is 0 Å². The minimum absolute atomic E-state index is 0.0697. The van der Waals surface area contributed by atoms with E-state index in [1.165, 1.54) is 13.2 Å². The van der Waals surface area contributed by atoms with Crippen LogP contribution in [0, 0.1) is 5.82 Å². The van der Waals surface area contributed by atoms with Crippen molar-refractivity contribution in [3.8, 4) is 0 Å². The van der Waals surface area contributed by atoms with Crippen LogP contribution in [0.1, 0.15) is 6.92 Å². The van der Waals surface area contributed by atoms with Gasteiger partial charge in [-0.25, -0.2) is 12.8 Å². The molecule has 1 rings (SSSR count). The van der Waals surface area contributed by atoms with Crippen molar-refractivity contribution in [2.45, 2.75) is 11.8 Å².